The van der Waals surface area contributed by atoms with Gasteiger partial charge in [0.25, 0.3) is 0 Å². The molecule has 1 aliphatic carbocycles. The van der Waals surface area contributed by atoms with Crippen molar-refractivity contribution in [1.82, 2.24) is 10.6 Å². The summed E-state index contributed by atoms with van der Waals surface area (Å²) in [6.07, 6.45) is 8.80. The predicted octanol–water partition coefficient (Wildman–Crippen LogP) is 5.21. The Hall–Kier alpha value is -4.10. The van der Waals surface area contributed by atoms with Gasteiger partial charge in [-0.25, -0.2) is 0 Å². The summed E-state index contributed by atoms with van der Waals surface area (Å²) in [7, 11) is 1.64. The Morgan fingerprint density at radius 3 is 2.37 bits per heavy atom. The van der Waals surface area contributed by atoms with Crippen molar-refractivity contribution in [3.8, 4) is 5.75 Å². The Bertz CT molecular complexity index is 1230. The van der Waals surface area contributed by atoms with Crippen LogP contribution in [0.15, 0.2) is 78.9 Å². The minimum absolute atomic E-state index is 0.0199. The summed E-state index contributed by atoms with van der Waals surface area (Å²) in [5.74, 6) is 0.510. The van der Waals surface area contributed by atoms with Crippen LogP contribution in [0.25, 0.3) is 6.08 Å². The normalized spacial score (nSPS) is 14.7. The first-order valence-electron chi connectivity index (χ1n) is 13.1. The zero-order valence-corrected chi connectivity index (χ0v) is 21.8. The van der Waals surface area contributed by atoms with Gasteiger partial charge in [-0.15, -0.1) is 0 Å². The molecule has 0 spiro atoms. The van der Waals surface area contributed by atoms with Gasteiger partial charge in [0.1, 0.15) is 11.8 Å². The molecule has 0 heterocycles. The molecule has 1 atom stereocenters. The van der Waals surface area contributed by atoms with E-state index in [1.807, 2.05) is 60.7 Å². The number of ether oxygens (including phenoxy) is 1. The molecule has 3 aromatic carbocycles. The fourth-order valence-corrected chi connectivity index (χ4v) is 4.61. The van der Waals surface area contributed by atoms with Crippen LogP contribution in [-0.4, -0.2) is 25.0 Å². The van der Waals surface area contributed by atoms with Gasteiger partial charge in [0, 0.05) is 18.7 Å². The van der Waals surface area contributed by atoms with E-state index in [0.717, 1.165) is 48.1 Å². The number of hydrogen-bond donors (Lipinski definition) is 4. The van der Waals surface area contributed by atoms with E-state index in [1.165, 1.54) is 12.5 Å². The molecule has 198 valence electrons. The van der Waals surface area contributed by atoms with E-state index in [2.05, 4.69) is 16.0 Å². The second-order valence-electron chi connectivity index (χ2n) is 9.58. The molecular weight excluding hydrogens is 476 g/mol. The summed E-state index contributed by atoms with van der Waals surface area (Å²) in [6, 6.07) is 22.3. The lowest BCUT2D eigenvalue weighted by Gasteiger charge is -2.26. The third kappa shape index (κ3) is 7.70. The molecule has 38 heavy (non-hydrogen) atoms. The number of benzene rings is 3. The van der Waals surface area contributed by atoms with Gasteiger partial charge in [-0.2, -0.15) is 0 Å². The number of anilines is 2. The third-order valence-corrected chi connectivity index (χ3v) is 6.80. The van der Waals surface area contributed by atoms with Crippen molar-refractivity contribution >= 4 is 29.3 Å². The predicted molar refractivity (Wildman–Crippen MR) is 153 cm³/mol. The van der Waals surface area contributed by atoms with Crippen LogP contribution < -0.4 is 26.4 Å². The molecule has 0 bridgehead atoms. The lowest BCUT2D eigenvalue weighted by atomic mass is 9.94. The van der Waals surface area contributed by atoms with Gasteiger partial charge in [0.2, 0.25) is 11.8 Å². The number of nitrogens with two attached hydrogens (primary N) is 1. The maximum Gasteiger partial charge on any atom is 0.248 e. The largest absolute Gasteiger partial charge is 0.497 e. The minimum atomic E-state index is -0.499. The van der Waals surface area contributed by atoms with E-state index >= 15 is 0 Å². The molecule has 0 saturated heterocycles. The Labute approximate surface area is 224 Å². The molecule has 4 rings (SSSR count). The summed E-state index contributed by atoms with van der Waals surface area (Å²) < 4.78 is 5.25. The molecule has 0 aromatic heterocycles. The summed E-state index contributed by atoms with van der Waals surface area (Å²) in [6.45, 7) is 0.539. The van der Waals surface area contributed by atoms with Gasteiger partial charge in [0.05, 0.1) is 18.5 Å². The highest BCUT2D eigenvalue weighted by Gasteiger charge is 2.24. The van der Waals surface area contributed by atoms with E-state index in [1.54, 1.807) is 25.3 Å². The second-order valence-corrected chi connectivity index (χ2v) is 9.58. The van der Waals surface area contributed by atoms with Crippen LogP contribution in [0.4, 0.5) is 11.4 Å². The standard InChI is InChI=1S/C31H36N4O3/c1-38-26-18-13-23(14-19-26)21-33-30(31(37)34-25-7-3-2-4-8-25)24-16-11-22(12-17-24)15-20-29(36)35-28-10-6-5-9-27(28)32/h5-6,9-20,25,30,33H,2-4,7-8,21,32H2,1H3,(H,34,37)(H,35,36). The molecule has 1 unspecified atom stereocenters. The summed E-state index contributed by atoms with van der Waals surface area (Å²) >= 11 is 0. The highest BCUT2D eigenvalue weighted by molar-refractivity contribution is 6.03. The minimum Gasteiger partial charge on any atom is -0.497 e. The molecule has 3 aromatic rings. The van der Waals surface area contributed by atoms with Crippen LogP contribution in [0.1, 0.15) is 54.8 Å². The summed E-state index contributed by atoms with van der Waals surface area (Å²) in [5, 5.41) is 9.47. The fourth-order valence-electron chi connectivity index (χ4n) is 4.61. The van der Waals surface area contributed by atoms with Crippen molar-refractivity contribution in [3.05, 3.63) is 95.6 Å². The van der Waals surface area contributed by atoms with Crippen LogP contribution in [0.3, 0.4) is 0 Å². The number of carbonyl (C=O) groups excluding carboxylic acids is 2. The van der Waals surface area contributed by atoms with Crippen molar-refractivity contribution < 1.29 is 14.3 Å². The number of methoxy groups -OCH3 is 1. The van der Waals surface area contributed by atoms with Gasteiger partial charge in [-0.1, -0.05) is 67.8 Å². The zero-order chi connectivity index (χ0) is 26.7. The highest BCUT2D eigenvalue weighted by Crippen LogP contribution is 2.21. The first-order chi connectivity index (χ1) is 18.5. The molecule has 1 aliphatic rings. The number of rotatable bonds is 10. The zero-order valence-electron chi connectivity index (χ0n) is 21.8. The Morgan fingerprint density at radius 1 is 0.974 bits per heavy atom. The van der Waals surface area contributed by atoms with Gasteiger partial charge >= 0.3 is 0 Å². The van der Waals surface area contributed by atoms with E-state index in [-0.39, 0.29) is 17.9 Å². The lowest BCUT2D eigenvalue weighted by molar-refractivity contribution is -0.124. The molecule has 7 nitrogen and oxygen atoms in total. The van der Waals surface area contributed by atoms with Crippen molar-refractivity contribution in [3.63, 3.8) is 0 Å². The van der Waals surface area contributed by atoms with Gasteiger partial charge in [-0.3, -0.25) is 14.9 Å². The van der Waals surface area contributed by atoms with Crippen molar-refractivity contribution in [1.29, 1.82) is 0 Å². The second kappa shape index (κ2) is 13.4. The maximum atomic E-state index is 13.4. The van der Waals surface area contributed by atoms with Gasteiger partial charge < -0.3 is 21.1 Å². The van der Waals surface area contributed by atoms with Crippen LogP contribution in [0.2, 0.25) is 0 Å². The first kappa shape index (κ1) is 26.9. The van der Waals surface area contributed by atoms with Gasteiger partial charge in [0.15, 0.2) is 0 Å². The molecule has 1 fully saturated rings. The van der Waals surface area contributed by atoms with E-state index in [9.17, 15) is 9.59 Å². The number of para-hydroxylation sites is 2. The first-order valence-corrected chi connectivity index (χ1v) is 13.1. The number of nitrogen functional groups attached to an aromatic ring is 1. The monoisotopic (exact) mass is 512 g/mol. The summed E-state index contributed by atoms with van der Waals surface area (Å²) in [5.41, 5.74) is 9.77. The highest BCUT2D eigenvalue weighted by atomic mass is 16.5. The molecule has 0 aliphatic heterocycles. The maximum absolute atomic E-state index is 13.4. The van der Waals surface area contributed by atoms with Gasteiger partial charge in [-0.05, 0) is 59.9 Å². The number of nitrogens with one attached hydrogen (secondary N) is 3. The van der Waals surface area contributed by atoms with Crippen molar-refractivity contribution in [2.45, 2.75) is 50.7 Å². The van der Waals surface area contributed by atoms with E-state index in [4.69, 9.17) is 10.5 Å². The quantitative estimate of drug-likeness (QED) is 0.220. The summed E-state index contributed by atoms with van der Waals surface area (Å²) in [4.78, 5) is 25.7. The lowest BCUT2D eigenvalue weighted by Crippen LogP contribution is -2.43. The van der Waals surface area contributed by atoms with Crippen LogP contribution in [0, 0.1) is 0 Å². The Balaban J connectivity index is 1.43. The SMILES string of the molecule is COc1ccc(CNC(C(=O)NC2CCCCC2)c2ccc(C=CC(=O)Nc3ccccc3N)cc2)cc1. The number of amides is 2. The topological polar surface area (TPSA) is 105 Å². The molecule has 2 amide bonds. The molecule has 7 heteroatoms. The van der Waals surface area contributed by atoms with Crippen LogP contribution in [-0.2, 0) is 16.1 Å². The number of hydrogen-bond acceptors (Lipinski definition) is 5. The third-order valence-electron chi connectivity index (χ3n) is 6.80. The average Bonchev–Trinajstić information content (AvgIpc) is 2.95. The van der Waals surface area contributed by atoms with E-state index < -0.39 is 6.04 Å². The van der Waals surface area contributed by atoms with Crippen molar-refractivity contribution in [2.75, 3.05) is 18.2 Å². The van der Waals surface area contributed by atoms with E-state index in [0.29, 0.717) is 17.9 Å². The average molecular weight is 513 g/mol. The Kier molecular flexibility index (Phi) is 9.54. The molecule has 5 N–H and O–H groups in total. The molecule has 0 radical (unpaired) electrons. The number of carbonyl (C=O) groups is 2. The smallest absolute Gasteiger partial charge is 0.248 e. The molecule has 1 saturated carbocycles. The van der Waals surface area contributed by atoms with Crippen molar-refractivity contribution in [2.24, 2.45) is 0 Å². The van der Waals surface area contributed by atoms with Crippen LogP contribution >= 0.6 is 0 Å². The molecular formula is C31H36N4O3. The fraction of sp³-hybridized carbons (Fsp3) is 0.290. The van der Waals surface area contributed by atoms with Crippen LogP contribution in [0.5, 0.6) is 5.75 Å². The Morgan fingerprint density at radius 2 is 1.68 bits per heavy atom.